The standard InChI is InChI=1S/C13H13P.4Pd/c1-14(12-8-4-2-5-9-12)13-10-6-3-7-11-13;;;;/h2-11H,1H3;;;;. The van der Waals surface area contributed by atoms with E-state index in [4.69, 9.17) is 0 Å². The Morgan fingerprint density at radius 1 is 0.556 bits per heavy atom. The van der Waals surface area contributed by atoms with E-state index in [9.17, 15) is 0 Å². The van der Waals surface area contributed by atoms with E-state index in [0.717, 1.165) is 0 Å². The third-order valence-corrected chi connectivity index (χ3v) is 4.43. The van der Waals surface area contributed by atoms with E-state index < -0.39 is 0 Å². The number of rotatable bonds is 2. The Morgan fingerprint density at radius 3 is 1.11 bits per heavy atom. The molecule has 0 fully saturated rings. The molecule has 110 valence electrons. The second kappa shape index (κ2) is 13.5. The van der Waals surface area contributed by atoms with Crippen molar-refractivity contribution in [1.82, 2.24) is 0 Å². The molecule has 0 aliphatic heterocycles. The summed E-state index contributed by atoms with van der Waals surface area (Å²) >= 11 is 0. The van der Waals surface area contributed by atoms with Crippen molar-refractivity contribution < 1.29 is 81.7 Å². The fourth-order valence-electron chi connectivity index (χ4n) is 1.45. The largest absolute Gasteiger partial charge is 0.0622 e. The van der Waals surface area contributed by atoms with E-state index in [1.165, 1.54) is 10.6 Å². The zero-order valence-electron chi connectivity index (χ0n) is 9.49. The molecule has 2 aromatic carbocycles. The summed E-state index contributed by atoms with van der Waals surface area (Å²) in [7, 11) is -0.171. The molecule has 0 atom stereocenters. The second-order valence-electron chi connectivity index (χ2n) is 3.23. The summed E-state index contributed by atoms with van der Waals surface area (Å²) in [4.78, 5) is 0. The van der Waals surface area contributed by atoms with Gasteiger partial charge in [0.1, 0.15) is 0 Å². The van der Waals surface area contributed by atoms with Crippen molar-refractivity contribution in [3.63, 3.8) is 0 Å². The quantitative estimate of drug-likeness (QED) is 0.356. The molecule has 2 rings (SSSR count). The molecule has 0 saturated heterocycles. The van der Waals surface area contributed by atoms with Gasteiger partial charge in [0.05, 0.1) is 0 Å². The van der Waals surface area contributed by atoms with Gasteiger partial charge in [-0.1, -0.05) is 60.7 Å². The van der Waals surface area contributed by atoms with Crippen molar-refractivity contribution >= 4 is 18.5 Å². The summed E-state index contributed by atoms with van der Waals surface area (Å²) in [6.45, 7) is 2.31. The number of hydrogen-bond donors (Lipinski definition) is 0. The van der Waals surface area contributed by atoms with Crippen molar-refractivity contribution in [3.05, 3.63) is 60.7 Å². The Morgan fingerprint density at radius 2 is 0.833 bits per heavy atom. The molecule has 0 amide bonds. The normalized spacial score (nSPS) is 8.11. The van der Waals surface area contributed by atoms with Gasteiger partial charge in [-0.05, 0) is 25.2 Å². The molecule has 0 heterocycles. The fourth-order valence-corrected chi connectivity index (χ4v) is 2.99. The Kier molecular flexibility index (Phi) is 18.4. The maximum absolute atomic E-state index is 2.31. The summed E-state index contributed by atoms with van der Waals surface area (Å²) in [5.74, 6) is 0. The minimum Gasteiger partial charge on any atom is -0.0622 e. The summed E-state index contributed by atoms with van der Waals surface area (Å²) in [5, 5.41) is 2.88. The van der Waals surface area contributed by atoms with Gasteiger partial charge >= 0.3 is 0 Å². The zero-order chi connectivity index (χ0) is 9.80. The van der Waals surface area contributed by atoms with Gasteiger partial charge < -0.3 is 0 Å². The van der Waals surface area contributed by atoms with Gasteiger partial charge in [0.25, 0.3) is 0 Å². The average Bonchev–Trinajstić information content (AvgIpc) is 2.30. The Bertz CT molecular complexity index is 355. The van der Waals surface area contributed by atoms with Crippen LogP contribution in [0.4, 0.5) is 0 Å². The molecule has 0 aliphatic rings. The number of benzene rings is 2. The number of hydrogen-bond acceptors (Lipinski definition) is 0. The molecule has 0 radical (unpaired) electrons. The van der Waals surface area contributed by atoms with Crippen LogP contribution in [0, 0.1) is 0 Å². The molecule has 2 aromatic rings. The van der Waals surface area contributed by atoms with Crippen LogP contribution < -0.4 is 10.6 Å². The maximum atomic E-state index is 2.31. The van der Waals surface area contributed by atoms with Crippen LogP contribution in [0.25, 0.3) is 0 Å². The summed E-state index contributed by atoms with van der Waals surface area (Å²) < 4.78 is 0. The molecule has 5 heteroatoms. The molecule has 18 heavy (non-hydrogen) atoms. The van der Waals surface area contributed by atoms with Gasteiger partial charge in [0.2, 0.25) is 0 Å². The molecule has 0 spiro atoms. The van der Waals surface area contributed by atoms with Crippen LogP contribution in [0.15, 0.2) is 60.7 Å². The van der Waals surface area contributed by atoms with E-state index in [0.29, 0.717) is 0 Å². The minimum absolute atomic E-state index is 0. The smallest absolute Gasteiger partial charge is 0 e. The molecule has 0 unspecified atom stereocenters. The van der Waals surface area contributed by atoms with E-state index in [1.54, 1.807) is 0 Å². The molecule has 0 aromatic heterocycles. The van der Waals surface area contributed by atoms with Crippen molar-refractivity contribution in [3.8, 4) is 0 Å². The maximum Gasteiger partial charge on any atom is 0 e. The van der Waals surface area contributed by atoms with Crippen molar-refractivity contribution in [2.45, 2.75) is 0 Å². The first-order valence-electron chi connectivity index (χ1n) is 4.72. The topological polar surface area (TPSA) is 0 Å². The molecule has 0 N–H and O–H groups in total. The third-order valence-electron chi connectivity index (χ3n) is 2.29. The molecular formula is C13H13PPd4. The summed E-state index contributed by atoms with van der Waals surface area (Å²) in [6.07, 6.45) is 0. The minimum atomic E-state index is -0.171. The van der Waals surface area contributed by atoms with Gasteiger partial charge in [-0.25, -0.2) is 0 Å². The molecule has 0 aliphatic carbocycles. The SMILES string of the molecule is CP(c1ccccc1)c1ccccc1.[Pd].[Pd].[Pd].[Pd]. The van der Waals surface area contributed by atoms with Crippen molar-refractivity contribution in [1.29, 1.82) is 0 Å². The van der Waals surface area contributed by atoms with Crippen LogP contribution in [-0.4, -0.2) is 6.66 Å². The fraction of sp³-hybridized carbons (Fsp3) is 0.0769. The van der Waals surface area contributed by atoms with Crippen LogP contribution in [0.2, 0.25) is 0 Å². The van der Waals surface area contributed by atoms with Gasteiger partial charge in [0, 0.05) is 81.7 Å². The average molecular weight is 626 g/mol. The Labute approximate surface area is 165 Å². The van der Waals surface area contributed by atoms with Gasteiger partial charge in [-0.15, -0.1) is 0 Å². The van der Waals surface area contributed by atoms with Gasteiger partial charge in [-0.2, -0.15) is 0 Å². The van der Waals surface area contributed by atoms with Crippen LogP contribution >= 0.6 is 7.92 Å². The summed E-state index contributed by atoms with van der Waals surface area (Å²) in [6, 6.07) is 21.4. The Balaban J connectivity index is -0.000000562. The molecule has 0 nitrogen and oxygen atoms in total. The third kappa shape index (κ3) is 7.34. The molecule has 0 bridgehead atoms. The Hall–Kier alpha value is 1.52. The van der Waals surface area contributed by atoms with Crippen LogP contribution in [-0.2, 0) is 81.7 Å². The first-order valence-corrected chi connectivity index (χ1v) is 6.50. The second-order valence-corrected chi connectivity index (χ2v) is 5.38. The molecular weight excluding hydrogens is 613 g/mol. The van der Waals surface area contributed by atoms with E-state index in [1.807, 2.05) is 0 Å². The first-order chi connectivity index (χ1) is 6.88. The van der Waals surface area contributed by atoms with Crippen LogP contribution in [0.1, 0.15) is 0 Å². The van der Waals surface area contributed by atoms with E-state index in [2.05, 4.69) is 67.3 Å². The van der Waals surface area contributed by atoms with Crippen molar-refractivity contribution in [2.75, 3.05) is 6.66 Å². The zero-order valence-corrected chi connectivity index (χ0v) is 16.6. The van der Waals surface area contributed by atoms with Crippen molar-refractivity contribution in [2.24, 2.45) is 0 Å². The van der Waals surface area contributed by atoms with Crippen LogP contribution in [0.3, 0.4) is 0 Å². The monoisotopic (exact) mass is 624 g/mol. The predicted molar refractivity (Wildman–Crippen MR) is 65.0 cm³/mol. The molecule has 0 saturated carbocycles. The summed E-state index contributed by atoms with van der Waals surface area (Å²) in [5.41, 5.74) is 0. The van der Waals surface area contributed by atoms with E-state index in [-0.39, 0.29) is 89.6 Å². The van der Waals surface area contributed by atoms with Gasteiger partial charge in [-0.3, -0.25) is 0 Å². The van der Waals surface area contributed by atoms with Gasteiger partial charge in [0.15, 0.2) is 0 Å². The first kappa shape index (κ1) is 24.5. The van der Waals surface area contributed by atoms with Crippen LogP contribution in [0.5, 0.6) is 0 Å². The van der Waals surface area contributed by atoms with E-state index >= 15 is 0 Å². The predicted octanol–water partition coefficient (Wildman–Crippen LogP) is 2.74.